The average Bonchev–Trinajstić information content (AvgIpc) is 3.35. The summed E-state index contributed by atoms with van der Waals surface area (Å²) in [7, 11) is 0. The molecule has 4 aromatic rings. The Kier molecular flexibility index (Phi) is 9.99. The van der Waals surface area contributed by atoms with Crippen LogP contribution in [0.3, 0.4) is 0 Å². The zero-order chi connectivity index (χ0) is 26.9. The fraction of sp³-hybridized carbons (Fsp3) is 0.120. The van der Waals surface area contributed by atoms with Crippen molar-refractivity contribution in [3.8, 4) is 11.5 Å². The Hall–Kier alpha value is -3.12. The molecule has 13 heteroatoms. The van der Waals surface area contributed by atoms with Crippen LogP contribution in [0.5, 0.6) is 11.5 Å². The van der Waals surface area contributed by atoms with Gasteiger partial charge in [-0.15, -0.1) is 10.2 Å². The van der Waals surface area contributed by atoms with Gasteiger partial charge in [-0.25, -0.2) is 9.82 Å². The molecular weight excluding hydrogens is 622 g/mol. The molecule has 0 spiro atoms. The molecule has 0 aliphatic heterocycles. The third-order valence-electron chi connectivity index (χ3n) is 4.69. The Morgan fingerprint density at radius 3 is 2.58 bits per heavy atom. The highest BCUT2D eigenvalue weighted by molar-refractivity contribution is 9.10. The van der Waals surface area contributed by atoms with Crippen molar-refractivity contribution in [1.29, 1.82) is 0 Å². The third-order valence-corrected chi connectivity index (χ3v) is 6.66. The Morgan fingerprint density at radius 1 is 1.05 bits per heavy atom. The van der Waals surface area contributed by atoms with Crippen molar-refractivity contribution in [3.63, 3.8) is 0 Å². The van der Waals surface area contributed by atoms with E-state index in [9.17, 15) is 9.18 Å². The Bertz CT molecular complexity index is 1440. The van der Waals surface area contributed by atoms with Gasteiger partial charge in [0.25, 0.3) is 17.0 Å². The Labute approximate surface area is 239 Å². The highest BCUT2D eigenvalue weighted by atomic mass is 79.9. The summed E-state index contributed by atoms with van der Waals surface area (Å²) in [6, 6.07) is 16.3. The van der Waals surface area contributed by atoms with Gasteiger partial charge in [-0.2, -0.15) is 5.10 Å². The largest absolute Gasteiger partial charge is 0.488 e. The summed E-state index contributed by atoms with van der Waals surface area (Å²) in [5, 5.41) is 12.8. The van der Waals surface area contributed by atoms with E-state index in [2.05, 4.69) is 36.7 Å². The van der Waals surface area contributed by atoms with Gasteiger partial charge in [-0.3, -0.25) is 4.79 Å². The lowest BCUT2D eigenvalue weighted by molar-refractivity contribution is -0.118. The molecule has 4 rings (SSSR count). The molecule has 1 heterocycles. The van der Waals surface area contributed by atoms with Crippen LogP contribution in [-0.2, 0) is 18.0 Å². The highest BCUT2D eigenvalue weighted by Crippen LogP contribution is 2.28. The molecule has 1 aromatic heterocycles. The second-order valence-corrected chi connectivity index (χ2v) is 10.1. The van der Waals surface area contributed by atoms with Gasteiger partial charge in [0, 0.05) is 5.02 Å². The standard InChI is InChI=1S/C25H18BrCl2FN4O4S/c26-19-9-16(3-7-21(19)35-12-15-1-5-18(29)6-2-15)11-30-31-23(34)14-38-25-33-32-24(37-25)13-36-22-8-4-17(27)10-20(22)28/h1-11H,12-14H2,(H,31,34)/b30-11-. The van der Waals surface area contributed by atoms with E-state index in [4.69, 9.17) is 37.1 Å². The van der Waals surface area contributed by atoms with E-state index in [1.165, 1.54) is 18.3 Å². The van der Waals surface area contributed by atoms with Crippen LogP contribution >= 0.6 is 50.9 Å². The van der Waals surface area contributed by atoms with E-state index >= 15 is 0 Å². The lowest BCUT2D eigenvalue weighted by atomic mass is 10.2. The summed E-state index contributed by atoms with van der Waals surface area (Å²) in [5.41, 5.74) is 4.03. The van der Waals surface area contributed by atoms with Crippen LogP contribution in [0.2, 0.25) is 10.0 Å². The van der Waals surface area contributed by atoms with E-state index < -0.39 is 0 Å². The number of rotatable bonds is 11. The summed E-state index contributed by atoms with van der Waals surface area (Å²) in [6.07, 6.45) is 1.50. The van der Waals surface area contributed by atoms with Gasteiger partial charge in [0.2, 0.25) is 0 Å². The smallest absolute Gasteiger partial charge is 0.277 e. The summed E-state index contributed by atoms with van der Waals surface area (Å²) >= 11 is 16.4. The third kappa shape index (κ3) is 8.45. The van der Waals surface area contributed by atoms with E-state index in [0.717, 1.165) is 22.9 Å². The molecule has 0 radical (unpaired) electrons. The number of aromatic nitrogens is 2. The molecule has 0 aliphatic carbocycles. The number of nitrogens with zero attached hydrogens (tertiary/aromatic N) is 3. The topological polar surface area (TPSA) is 98.8 Å². The van der Waals surface area contributed by atoms with Crippen LogP contribution in [0.4, 0.5) is 4.39 Å². The number of carbonyl (C=O) groups excluding carboxylic acids is 1. The number of hydrogen-bond donors (Lipinski definition) is 1. The fourth-order valence-electron chi connectivity index (χ4n) is 2.88. The van der Waals surface area contributed by atoms with Gasteiger partial charge >= 0.3 is 0 Å². The zero-order valence-corrected chi connectivity index (χ0v) is 23.3. The van der Waals surface area contributed by atoms with Crippen molar-refractivity contribution < 1.29 is 23.1 Å². The normalized spacial score (nSPS) is 11.1. The first-order valence-corrected chi connectivity index (χ1v) is 13.4. The number of halogens is 4. The predicted octanol–water partition coefficient (Wildman–Crippen LogP) is 6.68. The van der Waals surface area contributed by atoms with Crippen LogP contribution in [0.1, 0.15) is 17.0 Å². The van der Waals surface area contributed by atoms with E-state index in [0.29, 0.717) is 32.6 Å². The van der Waals surface area contributed by atoms with Crippen molar-refractivity contribution >= 4 is 63.0 Å². The van der Waals surface area contributed by atoms with Gasteiger partial charge in [0.05, 0.1) is 21.5 Å². The minimum Gasteiger partial charge on any atom is -0.488 e. The molecule has 0 atom stereocenters. The van der Waals surface area contributed by atoms with Crippen molar-refractivity contribution in [2.24, 2.45) is 5.10 Å². The number of hydrazone groups is 1. The number of carbonyl (C=O) groups is 1. The first kappa shape index (κ1) is 27.9. The molecule has 196 valence electrons. The number of thioether (sulfide) groups is 1. The SMILES string of the molecule is O=C(CSc1nnc(COc2ccc(Cl)cc2Cl)o1)N/N=C\c1ccc(OCc2ccc(F)cc2)c(Br)c1. The molecule has 0 unspecified atom stereocenters. The number of amides is 1. The Morgan fingerprint density at radius 2 is 1.82 bits per heavy atom. The average molecular weight is 640 g/mol. The molecule has 3 aromatic carbocycles. The zero-order valence-electron chi connectivity index (χ0n) is 19.4. The molecule has 1 N–H and O–H groups in total. The number of nitrogens with one attached hydrogen (secondary N) is 1. The fourth-order valence-corrected chi connectivity index (χ4v) is 4.43. The Balaban J connectivity index is 1.19. The van der Waals surface area contributed by atoms with Crippen molar-refractivity contribution in [1.82, 2.24) is 15.6 Å². The molecule has 0 saturated carbocycles. The second-order valence-electron chi connectivity index (χ2n) is 7.51. The second kappa shape index (κ2) is 13.6. The maximum absolute atomic E-state index is 13.0. The molecule has 38 heavy (non-hydrogen) atoms. The molecule has 0 aliphatic rings. The molecule has 0 saturated heterocycles. The van der Waals surface area contributed by atoms with E-state index in [-0.39, 0.29) is 35.2 Å². The molecule has 0 bridgehead atoms. The van der Waals surface area contributed by atoms with Gasteiger partial charge in [0.1, 0.15) is 23.9 Å². The minimum atomic E-state index is -0.353. The monoisotopic (exact) mass is 638 g/mol. The first-order chi connectivity index (χ1) is 18.4. The lowest BCUT2D eigenvalue weighted by Gasteiger charge is -2.09. The quantitative estimate of drug-likeness (QED) is 0.111. The number of ether oxygens (including phenoxy) is 2. The molecule has 8 nitrogen and oxygen atoms in total. The van der Waals surface area contributed by atoms with E-state index in [1.807, 2.05) is 0 Å². The van der Waals surface area contributed by atoms with Gasteiger partial charge < -0.3 is 13.9 Å². The summed E-state index contributed by atoms with van der Waals surface area (Å²) < 4.78 is 30.5. The molecular formula is C25H18BrCl2FN4O4S. The van der Waals surface area contributed by atoms with Crippen LogP contribution in [0, 0.1) is 5.82 Å². The van der Waals surface area contributed by atoms with Gasteiger partial charge in [-0.05, 0) is 75.6 Å². The molecule has 1 amide bonds. The van der Waals surface area contributed by atoms with Crippen molar-refractivity contribution in [3.05, 3.63) is 98.0 Å². The van der Waals surface area contributed by atoms with Crippen LogP contribution in [0.15, 0.2) is 79.9 Å². The first-order valence-electron chi connectivity index (χ1n) is 10.9. The van der Waals surface area contributed by atoms with Gasteiger partial charge in [-0.1, -0.05) is 47.1 Å². The summed E-state index contributed by atoms with van der Waals surface area (Å²) in [4.78, 5) is 12.1. The minimum absolute atomic E-state index is 0.0109. The maximum Gasteiger partial charge on any atom is 0.277 e. The van der Waals surface area contributed by atoms with Gasteiger partial charge in [0.15, 0.2) is 6.61 Å². The summed E-state index contributed by atoms with van der Waals surface area (Å²) in [5.74, 6) is 0.645. The van der Waals surface area contributed by atoms with Crippen molar-refractivity contribution in [2.45, 2.75) is 18.4 Å². The maximum atomic E-state index is 13.0. The molecule has 0 fully saturated rings. The van der Waals surface area contributed by atoms with Crippen molar-refractivity contribution in [2.75, 3.05) is 5.75 Å². The van der Waals surface area contributed by atoms with Crippen LogP contribution in [0.25, 0.3) is 0 Å². The highest BCUT2D eigenvalue weighted by Gasteiger charge is 2.11. The predicted molar refractivity (Wildman–Crippen MR) is 146 cm³/mol. The van der Waals surface area contributed by atoms with Crippen LogP contribution < -0.4 is 14.9 Å². The lowest BCUT2D eigenvalue weighted by Crippen LogP contribution is -2.19. The number of hydrogen-bond acceptors (Lipinski definition) is 8. The van der Waals surface area contributed by atoms with Crippen LogP contribution in [-0.4, -0.2) is 28.1 Å². The summed E-state index contributed by atoms with van der Waals surface area (Å²) in [6.45, 7) is 0.308. The van der Waals surface area contributed by atoms with E-state index in [1.54, 1.807) is 48.5 Å². The number of benzene rings is 3.